The van der Waals surface area contributed by atoms with Crippen LogP contribution in [0.15, 0.2) is 0 Å². The number of hydrogen-bond acceptors (Lipinski definition) is 3. The van der Waals surface area contributed by atoms with E-state index in [2.05, 4.69) is 10.6 Å². The highest BCUT2D eigenvalue weighted by Crippen LogP contribution is 2.06. The normalized spacial score (nSPS) is 21.7. The highest BCUT2D eigenvalue weighted by molar-refractivity contribution is 5.81. The van der Waals surface area contributed by atoms with Crippen LogP contribution >= 0.6 is 0 Å². The molecule has 1 unspecified atom stereocenters. The van der Waals surface area contributed by atoms with Gasteiger partial charge in [0, 0.05) is 13.0 Å². The van der Waals surface area contributed by atoms with Gasteiger partial charge in [-0.1, -0.05) is 6.92 Å². The lowest BCUT2D eigenvalue weighted by atomic mass is 10.1. The molecule has 0 aromatic carbocycles. The predicted octanol–water partition coefficient (Wildman–Crippen LogP) is 0.355. The van der Waals surface area contributed by atoms with E-state index in [0.717, 1.165) is 19.4 Å². The smallest absolute Gasteiger partial charge is 0.303 e. The van der Waals surface area contributed by atoms with Gasteiger partial charge in [0.25, 0.3) is 0 Å². The van der Waals surface area contributed by atoms with Gasteiger partial charge >= 0.3 is 5.97 Å². The lowest BCUT2D eigenvalue weighted by Crippen LogP contribution is -2.41. The molecule has 3 N–H and O–H groups in total. The summed E-state index contributed by atoms with van der Waals surface area (Å²) < 4.78 is 0. The molecular weight excluding hydrogens is 208 g/mol. The Kier molecular flexibility index (Phi) is 5.25. The Labute approximate surface area is 95.6 Å². The highest BCUT2D eigenvalue weighted by Gasteiger charge is 2.21. The summed E-state index contributed by atoms with van der Waals surface area (Å²) in [7, 11) is 0. The van der Waals surface area contributed by atoms with E-state index in [-0.39, 0.29) is 24.3 Å². The van der Waals surface area contributed by atoms with E-state index < -0.39 is 5.97 Å². The molecule has 0 saturated carbocycles. The van der Waals surface area contributed by atoms with E-state index in [4.69, 9.17) is 5.11 Å². The molecule has 0 bridgehead atoms. The van der Waals surface area contributed by atoms with Gasteiger partial charge in [0.05, 0.1) is 6.04 Å². The third kappa shape index (κ3) is 4.61. The summed E-state index contributed by atoms with van der Waals surface area (Å²) in [4.78, 5) is 22.0. The Balaban J connectivity index is 2.12. The van der Waals surface area contributed by atoms with Crippen LogP contribution < -0.4 is 10.6 Å². The number of nitrogens with one attached hydrogen (secondary N) is 2. The van der Waals surface area contributed by atoms with Gasteiger partial charge in [-0.05, 0) is 31.7 Å². The number of amides is 1. The molecule has 1 saturated heterocycles. The van der Waals surface area contributed by atoms with Gasteiger partial charge < -0.3 is 15.7 Å². The molecule has 2 atom stereocenters. The average molecular weight is 228 g/mol. The number of carboxylic acids is 1. The summed E-state index contributed by atoms with van der Waals surface area (Å²) in [6, 6.07) is -0.0494. The molecular formula is C11H20N2O3. The maximum absolute atomic E-state index is 11.6. The van der Waals surface area contributed by atoms with Gasteiger partial charge in [0.1, 0.15) is 0 Å². The van der Waals surface area contributed by atoms with Crippen LogP contribution in [-0.4, -0.2) is 36.1 Å². The molecule has 0 aromatic heterocycles. The zero-order valence-corrected chi connectivity index (χ0v) is 9.66. The van der Waals surface area contributed by atoms with Gasteiger partial charge in [-0.25, -0.2) is 0 Å². The van der Waals surface area contributed by atoms with Crippen LogP contribution in [0, 0.1) is 5.92 Å². The summed E-state index contributed by atoms with van der Waals surface area (Å²) in [6.45, 7) is 3.42. The van der Waals surface area contributed by atoms with Crippen LogP contribution in [0.1, 0.15) is 32.6 Å². The summed E-state index contributed by atoms with van der Waals surface area (Å²) >= 11 is 0. The van der Waals surface area contributed by atoms with Crippen LogP contribution in [-0.2, 0) is 9.59 Å². The molecule has 1 rings (SSSR count). The van der Waals surface area contributed by atoms with Crippen molar-refractivity contribution in [2.75, 3.05) is 13.1 Å². The first-order valence-corrected chi connectivity index (χ1v) is 5.82. The minimum absolute atomic E-state index is 0.0414. The van der Waals surface area contributed by atoms with Gasteiger partial charge in [0.15, 0.2) is 0 Å². The zero-order chi connectivity index (χ0) is 12.0. The Hall–Kier alpha value is -1.10. The lowest BCUT2D eigenvalue weighted by molar-refractivity contribution is -0.137. The van der Waals surface area contributed by atoms with E-state index >= 15 is 0 Å². The number of rotatable bonds is 6. The largest absolute Gasteiger partial charge is 0.481 e. The lowest BCUT2D eigenvalue weighted by Gasteiger charge is -2.14. The Morgan fingerprint density at radius 3 is 2.88 bits per heavy atom. The van der Waals surface area contributed by atoms with Crippen molar-refractivity contribution in [1.29, 1.82) is 0 Å². The van der Waals surface area contributed by atoms with E-state index in [1.165, 1.54) is 0 Å². The van der Waals surface area contributed by atoms with E-state index in [1.807, 2.05) is 6.92 Å². The molecule has 1 fully saturated rings. The molecule has 1 amide bonds. The van der Waals surface area contributed by atoms with E-state index in [0.29, 0.717) is 13.0 Å². The average Bonchev–Trinajstić information content (AvgIpc) is 2.76. The summed E-state index contributed by atoms with van der Waals surface area (Å²) in [5.41, 5.74) is 0. The first-order valence-electron chi connectivity index (χ1n) is 5.82. The first-order chi connectivity index (χ1) is 7.59. The van der Waals surface area contributed by atoms with Crippen LogP contribution in [0.25, 0.3) is 0 Å². The van der Waals surface area contributed by atoms with Crippen molar-refractivity contribution in [3.63, 3.8) is 0 Å². The molecule has 0 aliphatic carbocycles. The molecule has 1 heterocycles. The predicted molar refractivity (Wildman–Crippen MR) is 60.1 cm³/mol. The van der Waals surface area contributed by atoms with E-state index in [1.54, 1.807) is 0 Å². The molecule has 1 aliphatic rings. The Morgan fingerprint density at radius 1 is 1.56 bits per heavy atom. The monoisotopic (exact) mass is 228 g/mol. The van der Waals surface area contributed by atoms with Crippen molar-refractivity contribution >= 4 is 11.9 Å². The molecule has 0 radical (unpaired) electrons. The summed E-state index contributed by atoms with van der Waals surface area (Å²) in [6.07, 6.45) is 2.72. The van der Waals surface area contributed by atoms with Crippen molar-refractivity contribution in [3.8, 4) is 0 Å². The quantitative estimate of drug-likeness (QED) is 0.613. The number of hydrogen-bond donors (Lipinski definition) is 3. The number of carbonyl (C=O) groups excluding carboxylic acids is 1. The van der Waals surface area contributed by atoms with Crippen LogP contribution in [0.2, 0.25) is 0 Å². The van der Waals surface area contributed by atoms with Crippen molar-refractivity contribution in [2.45, 2.75) is 38.6 Å². The van der Waals surface area contributed by atoms with Gasteiger partial charge in [0.2, 0.25) is 5.91 Å². The van der Waals surface area contributed by atoms with Crippen molar-refractivity contribution in [3.05, 3.63) is 0 Å². The second-order valence-corrected chi connectivity index (χ2v) is 4.43. The van der Waals surface area contributed by atoms with Crippen molar-refractivity contribution < 1.29 is 14.7 Å². The van der Waals surface area contributed by atoms with Crippen LogP contribution in [0.4, 0.5) is 0 Å². The number of carboxylic acid groups (broad SMARTS) is 1. The molecule has 92 valence electrons. The maximum Gasteiger partial charge on any atom is 0.303 e. The van der Waals surface area contributed by atoms with Crippen LogP contribution in [0.3, 0.4) is 0 Å². The minimum Gasteiger partial charge on any atom is -0.481 e. The van der Waals surface area contributed by atoms with E-state index in [9.17, 15) is 9.59 Å². The fourth-order valence-corrected chi connectivity index (χ4v) is 1.78. The molecule has 16 heavy (non-hydrogen) atoms. The fourth-order valence-electron chi connectivity index (χ4n) is 1.78. The van der Waals surface area contributed by atoms with Crippen molar-refractivity contribution in [2.24, 2.45) is 5.92 Å². The molecule has 0 aromatic rings. The topological polar surface area (TPSA) is 78.4 Å². The molecule has 5 nitrogen and oxygen atoms in total. The molecule has 1 aliphatic heterocycles. The fraction of sp³-hybridized carbons (Fsp3) is 0.818. The van der Waals surface area contributed by atoms with Crippen molar-refractivity contribution in [1.82, 2.24) is 10.6 Å². The third-order valence-corrected chi connectivity index (χ3v) is 2.85. The van der Waals surface area contributed by atoms with Gasteiger partial charge in [-0.15, -0.1) is 0 Å². The maximum atomic E-state index is 11.6. The van der Waals surface area contributed by atoms with Crippen LogP contribution in [0.5, 0.6) is 0 Å². The van der Waals surface area contributed by atoms with Gasteiger partial charge in [-0.3, -0.25) is 9.59 Å². The summed E-state index contributed by atoms with van der Waals surface area (Å²) in [5.74, 6) is -0.531. The third-order valence-electron chi connectivity index (χ3n) is 2.85. The number of aliphatic carboxylic acids is 1. The Bertz CT molecular complexity index is 250. The standard InChI is InChI=1S/C11H20N2O3/c1-8(4-5-10(14)15)7-13-11(16)9-3-2-6-12-9/h8-9,12H,2-7H2,1H3,(H,13,16)(H,14,15)/t8?,9-/m1/s1. The number of carbonyl (C=O) groups is 2. The second-order valence-electron chi connectivity index (χ2n) is 4.43. The summed E-state index contributed by atoms with van der Waals surface area (Å²) in [5, 5.41) is 14.5. The second kappa shape index (κ2) is 6.48. The molecule has 0 spiro atoms. The van der Waals surface area contributed by atoms with Gasteiger partial charge in [-0.2, -0.15) is 0 Å². The SMILES string of the molecule is CC(CCC(=O)O)CNC(=O)[C@H]1CCCN1. The highest BCUT2D eigenvalue weighted by atomic mass is 16.4. The minimum atomic E-state index is -0.782. The molecule has 5 heteroatoms. The zero-order valence-electron chi connectivity index (χ0n) is 9.66. The Morgan fingerprint density at radius 2 is 2.31 bits per heavy atom. The first kappa shape index (κ1) is 13.0.